The first kappa shape index (κ1) is 12.7. The van der Waals surface area contributed by atoms with Crippen LogP contribution in [0.2, 0.25) is 0 Å². The average Bonchev–Trinajstić information content (AvgIpc) is 2.35. The van der Waals surface area contributed by atoms with Crippen LogP contribution in [-0.4, -0.2) is 4.98 Å². The van der Waals surface area contributed by atoms with Gasteiger partial charge in [-0.1, -0.05) is 29.3 Å². The molecule has 0 bridgehead atoms. The molecule has 0 spiro atoms. The molecule has 0 atom stereocenters. The van der Waals surface area contributed by atoms with Crippen molar-refractivity contribution >= 4 is 11.8 Å². The lowest BCUT2D eigenvalue weighted by Crippen LogP contribution is -1.87. The van der Waals surface area contributed by atoms with Crippen LogP contribution in [0.25, 0.3) is 0 Å². The van der Waals surface area contributed by atoms with E-state index >= 15 is 0 Å². The molecule has 18 heavy (non-hydrogen) atoms. The normalized spacial score (nSPS) is 10.1. The fraction of sp³-hybridized carbons (Fsp3) is 0.200. The van der Waals surface area contributed by atoms with Crippen LogP contribution in [0.1, 0.15) is 22.3 Å². The first-order valence-corrected chi connectivity index (χ1v) is 6.71. The summed E-state index contributed by atoms with van der Waals surface area (Å²) in [4.78, 5) is 5.01. The molecule has 0 unspecified atom stereocenters. The number of hydrogen-bond acceptors (Lipinski definition) is 3. The van der Waals surface area contributed by atoms with Gasteiger partial charge in [0.1, 0.15) is 6.07 Å². The molecule has 0 fully saturated rings. The molecule has 0 aliphatic heterocycles. The minimum Gasteiger partial charge on any atom is -0.263 e. The van der Waals surface area contributed by atoms with E-state index in [1.54, 1.807) is 30.2 Å². The Morgan fingerprint density at radius 3 is 2.61 bits per heavy atom. The van der Waals surface area contributed by atoms with E-state index in [4.69, 9.17) is 5.26 Å². The van der Waals surface area contributed by atoms with E-state index in [9.17, 15) is 0 Å². The van der Waals surface area contributed by atoms with Crippen LogP contribution in [0, 0.1) is 25.2 Å². The number of nitriles is 1. The van der Waals surface area contributed by atoms with Crippen molar-refractivity contribution in [3.63, 3.8) is 0 Å². The number of aryl methyl sites for hydroxylation is 2. The van der Waals surface area contributed by atoms with Gasteiger partial charge in [-0.25, -0.2) is 0 Å². The summed E-state index contributed by atoms with van der Waals surface area (Å²) in [6.45, 7) is 4.21. The molecule has 1 aromatic carbocycles. The van der Waals surface area contributed by atoms with Gasteiger partial charge in [0, 0.05) is 23.0 Å². The monoisotopic (exact) mass is 254 g/mol. The molecule has 0 saturated heterocycles. The third kappa shape index (κ3) is 3.12. The van der Waals surface area contributed by atoms with Crippen LogP contribution >= 0.6 is 11.8 Å². The lowest BCUT2D eigenvalue weighted by Gasteiger charge is -2.06. The minimum atomic E-state index is 0.694. The molecule has 2 aromatic rings. The topological polar surface area (TPSA) is 36.7 Å². The van der Waals surface area contributed by atoms with Gasteiger partial charge in [0.25, 0.3) is 0 Å². The molecule has 2 rings (SSSR count). The summed E-state index contributed by atoms with van der Waals surface area (Å²) in [5.74, 6) is 0.864. The predicted molar refractivity (Wildman–Crippen MR) is 74.4 cm³/mol. The van der Waals surface area contributed by atoms with Gasteiger partial charge in [0.2, 0.25) is 0 Å². The molecule has 1 heterocycles. The Morgan fingerprint density at radius 1 is 1.22 bits per heavy atom. The van der Waals surface area contributed by atoms with Gasteiger partial charge < -0.3 is 0 Å². The van der Waals surface area contributed by atoms with Crippen LogP contribution in [0.5, 0.6) is 0 Å². The Kier molecular flexibility index (Phi) is 4.01. The Morgan fingerprint density at radius 2 is 1.94 bits per heavy atom. The molecule has 3 heteroatoms. The highest BCUT2D eigenvalue weighted by atomic mass is 32.2. The SMILES string of the molecule is Cc1cc(C)cc(CSc2cnccc2C#N)c1. The summed E-state index contributed by atoms with van der Waals surface area (Å²) in [7, 11) is 0. The van der Waals surface area contributed by atoms with Gasteiger partial charge >= 0.3 is 0 Å². The molecule has 0 radical (unpaired) electrons. The number of hydrogen-bond donors (Lipinski definition) is 0. The molecule has 0 aliphatic carbocycles. The number of pyridine rings is 1. The molecule has 0 saturated carbocycles. The molecule has 0 N–H and O–H groups in total. The van der Waals surface area contributed by atoms with Gasteiger partial charge in [0.15, 0.2) is 0 Å². The van der Waals surface area contributed by atoms with E-state index in [0.717, 1.165) is 10.6 Å². The van der Waals surface area contributed by atoms with Crippen molar-refractivity contribution < 1.29 is 0 Å². The Balaban J connectivity index is 2.14. The van der Waals surface area contributed by atoms with Gasteiger partial charge in [0.05, 0.1) is 5.56 Å². The summed E-state index contributed by atoms with van der Waals surface area (Å²) in [6, 6.07) is 10.5. The molecule has 90 valence electrons. The second kappa shape index (κ2) is 5.70. The van der Waals surface area contributed by atoms with Crippen molar-refractivity contribution in [2.24, 2.45) is 0 Å². The first-order valence-electron chi connectivity index (χ1n) is 5.73. The predicted octanol–water partition coefficient (Wildman–Crippen LogP) is 3.86. The zero-order valence-electron chi connectivity index (χ0n) is 10.5. The maximum Gasteiger partial charge on any atom is 0.100 e. The standard InChI is InChI=1S/C15H14N2S/c1-11-5-12(2)7-13(6-11)10-18-15-9-17-4-3-14(15)8-16/h3-7,9H,10H2,1-2H3. The van der Waals surface area contributed by atoms with Gasteiger partial charge in [-0.15, -0.1) is 11.8 Å². The molecule has 0 aliphatic rings. The van der Waals surface area contributed by atoms with Crippen LogP contribution in [0.4, 0.5) is 0 Å². The lowest BCUT2D eigenvalue weighted by atomic mass is 10.1. The highest BCUT2D eigenvalue weighted by molar-refractivity contribution is 7.98. The van der Waals surface area contributed by atoms with Crippen LogP contribution < -0.4 is 0 Å². The number of aromatic nitrogens is 1. The van der Waals surface area contributed by atoms with E-state index in [0.29, 0.717) is 5.56 Å². The Bertz CT molecular complexity index is 579. The third-order valence-corrected chi connectivity index (χ3v) is 3.69. The second-order valence-corrected chi connectivity index (χ2v) is 5.29. The first-order chi connectivity index (χ1) is 8.69. The van der Waals surface area contributed by atoms with Gasteiger partial charge in [-0.2, -0.15) is 5.26 Å². The van der Waals surface area contributed by atoms with E-state index < -0.39 is 0 Å². The Labute approximate surface area is 112 Å². The quantitative estimate of drug-likeness (QED) is 0.780. The summed E-state index contributed by atoms with van der Waals surface area (Å²) >= 11 is 1.66. The summed E-state index contributed by atoms with van der Waals surface area (Å²) in [5.41, 5.74) is 4.53. The minimum absolute atomic E-state index is 0.694. The van der Waals surface area contributed by atoms with Crippen molar-refractivity contribution in [3.05, 3.63) is 58.9 Å². The molecule has 1 aromatic heterocycles. The number of benzene rings is 1. The van der Waals surface area contributed by atoms with Gasteiger partial charge in [-0.3, -0.25) is 4.98 Å². The van der Waals surface area contributed by atoms with Crippen molar-refractivity contribution in [3.8, 4) is 6.07 Å². The molecular weight excluding hydrogens is 240 g/mol. The van der Waals surface area contributed by atoms with Crippen LogP contribution in [0.3, 0.4) is 0 Å². The molecule has 2 nitrogen and oxygen atoms in total. The number of rotatable bonds is 3. The van der Waals surface area contributed by atoms with Crippen molar-refractivity contribution in [2.75, 3.05) is 0 Å². The van der Waals surface area contributed by atoms with Crippen LogP contribution in [0.15, 0.2) is 41.6 Å². The average molecular weight is 254 g/mol. The largest absolute Gasteiger partial charge is 0.263 e. The maximum absolute atomic E-state index is 9.01. The summed E-state index contributed by atoms with van der Waals surface area (Å²) in [6.07, 6.45) is 3.41. The fourth-order valence-electron chi connectivity index (χ4n) is 1.90. The zero-order chi connectivity index (χ0) is 13.0. The maximum atomic E-state index is 9.01. The lowest BCUT2D eigenvalue weighted by molar-refractivity contribution is 1.20. The molecular formula is C15H14N2S. The second-order valence-electron chi connectivity index (χ2n) is 4.27. The fourth-order valence-corrected chi connectivity index (χ4v) is 2.79. The van der Waals surface area contributed by atoms with Crippen molar-refractivity contribution in [2.45, 2.75) is 24.5 Å². The van der Waals surface area contributed by atoms with Gasteiger partial charge in [-0.05, 0) is 25.5 Å². The van der Waals surface area contributed by atoms with E-state index in [1.165, 1.54) is 16.7 Å². The Hall–Kier alpha value is -1.79. The highest BCUT2D eigenvalue weighted by Crippen LogP contribution is 2.25. The molecule has 0 amide bonds. The highest BCUT2D eigenvalue weighted by Gasteiger charge is 2.03. The summed E-state index contributed by atoms with van der Waals surface area (Å²) < 4.78 is 0. The third-order valence-electron chi connectivity index (χ3n) is 2.58. The van der Waals surface area contributed by atoms with E-state index in [1.807, 2.05) is 0 Å². The number of nitrogens with zero attached hydrogens (tertiary/aromatic N) is 2. The van der Waals surface area contributed by atoms with E-state index in [2.05, 4.69) is 43.1 Å². The van der Waals surface area contributed by atoms with Crippen molar-refractivity contribution in [1.82, 2.24) is 4.98 Å². The zero-order valence-corrected chi connectivity index (χ0v) is 11.3. The van der Waals surface area contributed by atoms with Crippen LogP contribution in [-0.2, 0) is 5.75 Å². The number of thioether (sulfide) groups is 1. The smallest absolute Gasteiger partial charge is 0.100 e. The van der Waals surface area contributed by atoms with E-state index in [-0.39, 0.29) is 0 Å². The van der Waals surface area contributed by atoms with Crippen molar-refractivity contribution in [1.29, 1.82) is 5.26 Å². The summed E-state index contributed by atoms with van der Waals surface area (Å²) in [5, 5.41) is 9.01.